The zero-order valence-corrected chi connectivity index (χ0v) is 16.2. The molecule has 0 spiro atoms. The zero-order valence-electron chi connectivity index (χ0n) is 16.2. The van der Waals surface area contributed by atoms with Gasteiger partial charge in [0.25, 0.3) is 0 Å². The van der Waals surface area contributed by atoms with Gasteiger partial charge >= 0.3 is 0 Å². The molecule has 2 aromatic carbocycles. The number of nitrogens with zero attached hydrogens (tertiary/aromatic N) is 2. The fourth-order valence-corrected chi connectivity index (χ4v) is 3.51. The molecule has 5 heteroatoms. The maximum Gasteiger partial charge on any atom is 0.154 e. The van der Waals surface area contributed by atoms with E-state index in [1.54, 1.807) is 12.1 Å². The van der Waals surface area contributed by atoms with Crippen molar-refractivity contribution in [1.82, 2.24) is 9.97 Å². The maximum atomic E-state index is 10.5. The van der Waals surface area contributed by atoms with Crippen molar-refractivity contribution in [3.8, 4) is 28.3 Å². The van der Waals surface area contributed by atoms with Gasteiger partial charge in [-0.05, 0) is 49.1 Å². The Morgan fingerprint density at radius 3 is 2.50 bits per heavy atom. The number of hydrogen-bond donors (Lipinski definition) is 3. The molecule has 3 aromatic rings. The lowest BCUT2D eigenvalue weighted by Gasteiger charge is -2.24. The van der Waals surface area contributed by atoms with Gasteiger partial charge in [0, 0.05) is 17.0 Å². The molecule has 5 nitrogen and oxygen atoms in total. The SMILES string of the molecule is CCC(C)C(O)Nc1nc2c(nc1-c1ccc(O)cc1)-c1ccccc1CC2. The number of aryl methyl sites for hydroxylation is 2. The monoisotopic (exact) mass is 375 g/mol. The predicted molar refractivity (Wildman–Crippen MR) is 111 cm³/mol. The lowest BCUT2D eigenvalue weighted by atomic mass is 9.91. The topological polar surface area (TPSA) is 78.3 Å². The largest absolute Gasteiger partial charge is 0.508 e. The van der Waals surface area contributed by atoms with Crippen molar-refractivity contribution in [2.75, 3.05) is 5.32 Å². The first kappa shape index (κ1) is 18.4. The Hall–Kier alpha value is -2.92. The number of hydrogen-bond acceptors (Lipinski definition) is 5. The van der Waals surface area contributed by atoms with E-state index < -0.39 is 6.23 Å². The van der Waals surface area contributed by atoms with Crippen LogP contribution in [0.2, 0.25) is 0 Å². The van der Waals surface area contributed by atoms with Crippen LogP contribution < -0.4 is 5.32 Å². The normalized spacial score (nSPS) is 14.7. The number of aromatic nitrogens is 2. The van der Waals surface area contributed by atoms with Crippen LogP contribution in [0.1, 0.15) is 31.5 Å². The molecule has 3 N–H and O–H groups in total. The molecule has 0 saturated heterocycles. The Labute approximate surface area is 165 Å². The molecule has 0 fully saturated rings. The van der Waals surface area contributed by atoms with Crippen LogP contribution in [0.5, 0.6) is 5.75 Å². The number of benzene rings is 2. The quantitative estimate of drug-likeness (QED) is 0.577. The Kier molecular flexibility index (Phi) is 5.01. The van der Waals surface area contributed by atoms with Crippen molar-refractivity contribution < 1.29 is 10.2 Å². The highest BCUT2D eigenvalue weighted by atomic mass is 16.3. The van der Waals surface area contributed by atoms with Crippen LogP contribution >= 0.6 is 0 Å². The minimum Gasteiger partial charge on any atom is -0.508 e. The minimum atomic E-state index is -0.705. The number of nitrogens with one attached hydrogen (secondary N) is 1. The standard InChI is InChI=1S/C23H25N3O2/c1-3-14(2)23(28)26-22-20(16-8-11-17(27)12-9-16)25-21-18-7-5-4-6-15(18)10-13-19(21)24-22/h4-9,11-12,14,23,27-28H,3,10,13H2,1-2H3,(H,24,26). The summed E-state index contributed by atoms with van der Waals surface area (Å²) >= 11 is 0. The third kappa shape index (κ3) is 3.45. The second-order valence-electron chi connectivity index (χ2n) is 7.39. The van der Waals surface area contributed by atoms with Gasteiger partial charge in [0.05, 0.1) is 11.4 Å². The highest BCUT2D eigenvalue weighted by molar-refractivity contribution is 5.78. The second kappa shape index (κ2) is 7.60. The first-order chi connectivity index (χ1) is 13.6. The highest BCUT2D eigenvalue weighted by Gasteiger charge is 2.23. The average Bonchev–Trinajstić information content (AvgIpc) is 2.73. The fraction of sp³-hybridized carbons (Fsp3) is 0.304. The molecule has 144 valence electrons. The molecule has 1 aromatic heterocycles. The van der Waals surface area contributed by atoms with Crippen LogP contribution in [0.3, 0.4) is 0 Å². The average molecular weight is 375 g/mol. The number of phenols is 1. The molecule has 4 rings (SSSR count). The van der Waals surface area contributed by atoms with Crippen LogP contribution in [0.15, 0.2) is 48.5 Å². The lowest BCUT2D eigenvalue weighted by Crippen LogP contribution is -2.28. The summed E-state index contributed by atoms with van der Waals surface area (Å²) in [6.45, 7) is 4.05. The Bertz CT molecular complexity index is 986. The second-order valence-corrected chi connectivity index (χ2v) is 7.39. The summed E-state index contributed by atoms with van der Waals surface area (Å²) in [5.41, 5.74) is 5.76. The molecule has 0 aliphatic heterocycles. The lowest BCUT2D eigenvalue weighted by molar-refractivity contribution is 0.141. The van der Waals surface area contributed by atoms with E-state index in [0.717, 1.165) is 41.8 Å². The molecule has 0 amide bonds. The summed E-state index contributed by atoms with van der Waals surface area (Å²) in [5, 5.41) is 23.4. The molecule has 2 unspecified atom stereocenters. The number of aliphatic hydroxyl groups is 1. The predicted octanol–water partition coefficient (Wildman–Crippen LogP) is 4.39. The summed E-state index contributed by atoms with van der Waals surface area (Å²) in [5.74, 6) is 0.872. The van der Waals surface area contributed by atoms with Crippen LogP contribution in [-0.2, 0) is 12.8 Å². The number of aromatic hydroxyl groups is 1. The van der Waals surface area contributed by atoms with E-state index in [1.807, 2.05) is 32.0 Å². The van der Waals surface area contributed by atoms with Crippen LogP contribution in [0.25, 0.3) is 22.5 Å². The van der Waals surface area contributed by atoms with Gasteiger partial charge in [-0.25, -0.2) is 9.97 Å². The summed E-state index contributed by atoms with van der Waals surface area (Å²) in [7, 11) is 0. The van der Waals surface area contributed by atoms with E-state index in [2.05, 4.69) is 23.5 Å². The number of phenolic OH excluding ortho intramolecular Hbond substituents is 1. The van der Waals surface area contributed by atoms with Gasteiger partial charge < -0.3 is 15.5 Å². The maximum absolute atomic E-state index is 10.5. The first-order valence-corrected chi connectivity index (χ1v) is 9.80. The smallest absolute Gasteiger partial charge is 0.154 e. The molecule has 1 heterocycles. The van der Waals surface area contributed by atoms with Gasteiger partial charge in [-0.3, -0.25) is 0 Å². The molecular weight excluding hydrogens is 350 g/mol. The van der Waals surface area contributed by atoms with Crippen LogP contribution in [0.4, 0.5) is 5.82 Å². The molecule has 1 aliphatic carbocycles. The van der Waals surface area contributed by atoms with Gasteiger partial charge in [-0.15, -0.1) is 0 Å². The number of rotatable bonds is 5. The Morgan fingerprint density at radius 1 is 1.00 bits per heavy atom. The highest BCUT2D eigenvalue weighted by Crippen LogP contribution is 2.36. The van der Waals surface area contributed by atoms with Crippen LogP contribution in [-0.4, -0.2) is 26.4 Å². The van der Waals surface area contributed by atoms with Crippen molar-refractivity contribution in [3.05, 3.63) is 59.8 Å². The molecule has 0 bridgehead atoms. The number of fused-ring (bicyclic) bond motifs is 3. The molecule has 0 radical (unpaired) electrons. The van der Waals surface area contributed by atoms with Crippen molar-refractivity contribution >= 4 is 5.82 Å². The molecule has 2 atom stereocenters. The molecule has 28 heavy (non-hydrogen) atoms. The summed E-state index contributed by atoms with van der Waals surface area (Å²) in [6, 6.07) is 15.2. The zero-order chi connectivity index (χ0) is 19.7. The van der Waals surface area contributed by atoms with Gasteiger partial charge in [0.15, 0.2) is 5.82 Å². The van der Waals surface area contributed by atoms with E-state index in [-0.39, 0.29) is 11.7 Å². The van der Waals surface area contributed by atoms with E-state index >= 15 is 0 Å². The first-order valence-electron chi connectivity index (χ1n) is 9.80. The van der Waals surface area contributed by atoms with Gasteiger partial charge in [-0.1, -0.05) is 38.1 Å². The molecular formula is C23H25N3O2. The van der Waals surface area contributed by atoms with Crippen molar-refractivity contribution in [1.29, 1.82) is 0 Å². The Balaban J connectivity index is 1.85. The van der Waals surface area contributed by atoms with Gasteiger partial charge in [0.1, 0.15) is 17.7 Å². The Morgan fingerprint density at radius 2 is 1.75 bits per heavy atom. The van der Waals surface area contributed by atoms with Crippen LogP contribution in [0, 0.1) is 5.92 Å². The summed E-state index contributed by atoms with van der Waals surface area (Å²) < 4.78 is 0. The van der Waals surface area contributed by atoms with Crippen molar-refractivity contribution in [3.63, 3.8) is 0 Å². The fourth-order valence-electron chi connectivity index (χ4n) is 3.51. The summed E-state index contributed by atoms with van der Waals surface area (Å²) in [4.78, 5) is 9.85. The van der Waals surface area contributed by atoms with Gasteiger partial charge in [0.2, 0.25) is 0 Å². The molecule has 1 aliphatic rings. The van der Waals surface area contributed by atoms with E-state index in [9.17, 15) is 10.2 Å². The van der Waals surface area contributed by atoms with E-state index in [4.69, 9.17) is 9.97 Å². The summed E-state index contributed by atoms with van der Waals surface area (Å²) in [6.07, 6.45) is 1.91. The van der Waals surface area contributed by atoms with Crippen molar-refractivity contribution in [2.24, 2.45) is 5.92 Å². The van der Waals surface area contributed by atoms with E-state index in [1.165, 1.54) is 5.56 Å². The number of anilines is 1. The van der Waals surface area contributed by atoms with Crippen molar-refractivity contribution in [2.45, 2.75) is 39.3 Å². The molecule has 0 saturated carbocycles. The third-order valence-electron chi connectivity index (χ3n) is 5.48. The van der Waals surface area contributed by atoms with E-state index in [0.29, 0.717) is 11.5 Å². The number of aliphatic hydroxyl groups excluding tert-OH is 1. The minimum absolute atomic E-state index is 0.0891. The third-order valence-corrected chi connectivity index (χ3v) is 5.48. The van der Waals surface area contributed by atoms with Gasteiger partial charge in [-0.2, -0.15) is 0 Å².